The Bertz CT molecular complexity index is 105. The maximum absolute atomic E-state index is 2.18. The van der Waals surface area contributed by atoms with Crippen molar-refractivity contribution < 1.29 is 24.7 Å². The normalized spacial score (nSPS) is 14.4. The molecule has 0 radical (unpaired) electrons. The Labute approximate surface area is 79.4 Å². The molecule has 0 heterocycles. The van der Waals surface area contributed by atoms with Crippen LogP contribution in [0.5, 0.6) is 0 Å². The first-order chi connectivity index (χ1) is 3.89. The predicted octanol–water partition coefficient (Wildman–Crippen LogP) is 2.43. The molecule has 0 nitrogen and oxygen atoms in total. The van der Waals surface area contributed by atoms with Gasteiger partial charge in [0.2, 0.25) is 0 Å². The molecular weight excluding hydrogens is 290 g/mol. The van der Waals surface area contributed by atoms with Crippen molar-refractivity contribution >= 4 is 22.6 Å². The summed E-state index contributed by atoms with van der Waals surface area (Å²) in [4.78, 5) is 1.97. The van der Waals surface area contributed by atoms with Crippen LogP contribution in [0, 0.1) is 0 Å². The monoisotopic (exact) mass is 297 g/mol. The van der Waals surface area contributed by atoms with E-state index in [1.54, 1.807) is 28.0 Å². The summed E-state index contributed by atoms with van der Waals surface area (Å²) in [6.45, 7) is 0. The van der Waals surface area contributed by atoms with Crippen molar-refractivity contribution in [3.63, 3.8) is 0 Å². The minimum absolute atomic E-state index is 1.21. The van der Waals surface area contributed by atoms with E-state index >= 15 is 0 Å². The van der Waals surface area contributed by atoms with E-state index in [9.17, 15) is 0 Å². The van der Waals surface area contributed by atoms with Crippen LogP contribution in [0.1, 0.15) is 6.42 Å². The van der Waals surface area contributed by atoms with Crippen molar-refractivity contribution in [3.8, 4) is 0 Å². The van der Waals surface area contributed by atoms with Gasteiger partial charge in [-0.15, -0.1) is 0 Å². The van der Waals surface area contributed by atoms with Gasteiger partial charge in [0.15, 0.2) is 0 Å². The van der Waals surface area contributed by atoms with Crippen LogP contribution in [0.25, 0.3) is 0 Å². The van der Waals surface area contributed by atoms with Crippen LogP contribution in [-0.4, -0.2) is 4.93 Å². The number of alkyl halides is 1. The van der Waals surface area contributed by atoms with E-state index in [4.69, 9.17) is 0 Å². The SMILES string of the molecule is CI.[Zr][C]1=CC=CC1. The second-order valence-electron chi connectivity index (χ2n) is 1.32. The molecule has 0 aromatic heterocycles. The summed E-state index contributed by atoms with van der Waals surface area (Å²) in [6, 6.07) is 0. The number of hydrogen-bond acceptors (Lipinski definition) is 0. The average molecular weight is 298 g/mol. The Hall–Kier alpha value is 1.09. The van der Waals surface area contributed by atoms with Gasteiger partial charge in [0, 0.05) is 0 Å². The molecule has 0 aliphatic heterocycles. The zero-order chi connectivity index (χ0) is 6.41. The average Bonchev–Trinajstić information content (AvgIpc) is 2.24. The molecule has 1 rings (SSSR count). The summed E-state index contributed by atoms with van der Waals surface area (Å²) in [6.07, 6.45) is 7.69. The minimum atomic E-state index is 1.21. The van der Waals surface area contributed by atoms with Crippen LogP contribution in [0.2, 0.25) is 0 Å². The van der Waals surface area contributed by atoms with Gasteiger partial charge in [-0.2, -0.15) is 0 Å². The van der Waals surface area contributed by atoms with Crippen LogP contribution in [0.3, 0.4) is 0 Å². The van der Waals surface area contributed by atoms with Gasteiger partial charge < -0.3 is 0 Å². The summed E-state index contributed by atoms with van der Waals surface area (Å²) >= 11 is 3.71. The van der Waals surface area contributed by atoms with Crippen molar-refractivity contribution in [2.75, 3.05) is 4.93 Å². The topological polar surface area (TPSA) is 0 Å². The van der Waals surface area contributed by atoms with Crippen LogP contribution in [-0.2, 0) is 24.7 Å². The standard InChI is InChI=1S/C5H5.CH3I.Zr/c1-2-4-5-3-1;1-2;/h1-3H,4H2;1H3;. The molecule has 0 fully saturated rings. The third kappa shape index (κ3) is 4.02. The fraction of sp³-hybridized carbons (Fsp3) is 0.333. The van der Waals surface area contributed by atoms with Gasteiger partial charge in [-0.05, 0) is 4.93 Å². The van der Waals surface area contributed by atoms with Crippen LogP contribution in [0.4, 0.5) is 0 Å². The van der Waals surface area contributed by atoms with Gasteiger partial charge in [0.05, 0.1) is 0 Å². The van der Waals surface area contributed by atoms with Gasteiger partial charge in [0.25, 0.3) is 0 Å². The second kappa shape index (κ2) is 6.22. The van der Waals surface area contributed by atoms with Crippen molar-refractivity contribution in [3.05, 3.63) is 21.5 Å². The van der Waals surface area contributed by atoms with Gasteiger partial charge in [-0.25, -0.2) is 0 Å². The molecule has 2 heteroatoms. The van der Waals surface area contributed by atoms with Crippen molar-refractivity contribution in [2.24, 2.45) is 0 Å². The molecule has 1 aliphatic rings. The quantitative estimate of drug-likeness (QED) is 0.476. The summed E-state index contributed by atoms with van der Waals surface area (Å²) < 4.78 is 1.56. The first-order valence-corrected chi connectivity index (χ1v) is 5.73. The van der Waals surface area contributed by atoms with E-state index in [0.29, 0.717) is 0 Å². The van der Waals surface area contributed by atoms with Crippen molar-refractivity contribution in [2.45, 2.75) is 6.42 Å². The number of halogens is 1. The van der Waals surface area contributed by atoms with Gasteiger partial charge in [0.1, 0.15) is 0 Å². The fourth-order valence-corrected chi connectivity index (χ4v) is 0.973. The molecule has 0 bridgehead atoms. The molecule has 0 aromatic rings. The summed E-state index contributed by atoms with van der Waals surface area (Å²) in [7, 11) is 0. The second-order valence-corrected chi connectivity index (χ2v) is 2.90. The van der Waals surface area contributed by atoms with E-state index in [0.717, 1.165) is 0 Å². The Morgan fingerprint density at radius 2 is 2.25 bits per heavy atom. The Kier molecular flexibility index (Phi) is 7.07. The fourth-order valence-electron chi connectivity index (χ4n) is 0.447. The molecular formula is C6H8IZr. The zero-order valence-corrected chi connectivity index (χ0v) is 9.43. The number of allylic oxidation sites excluding steroid dienone is 4. The zero-order valence-electron chi connectivity index (χ0n) is 4.82. The summed E-state index contributed by atoms with van der Waals surface area (Å²) in [5.74, 6) is 0. The molecule has 0 atom stereocenters. The van der Waals surface area contributed by atoms with Crippen LogP contribution < -0.4 is 0 Å². The van der Waals surface area contributed by atoms with E-state index < -0.39 is 0 Å². The molecule has 43 valence electrons. The van der Waals surface area contributed by atoms with Crippen molar-refractivity contribution in [1.82, 2.24) is 0 Å². The Balaban J connectivity index is 0.000000222. The van der Waals surface area contributed by atoms with Crippen LogP contribution in [0.15, 0.2) is 21.5 Å². The molecule has 0 saturated carbocycles. The van der Waals surface area contributed by atoms with Gasteiger partial charge in [-0.1, -0.05) is 22.6 Å². The molecule has 0 N–H and O–H groups in total. The molecule has 0 aromatic carbocycles. The third-order valence-corrected chi connectivity index (χ3v) is 1.68. The molecule has 0 amide bonds. The molecule has 8 heavy (non-hydrogen) atoms. The molecule has 0 saturated heterocycles. The van der Waals surface area contributed by atoms with Gasteiger partial charge in [-0.3, -0.25) is 0 Å². The van der Waals surface area contributed by atoms with Crippen molar-refractivity contribution in [1.29, 1.82) is 0 Å². The summed E-state index contributed by atoms with van der Waals surface area (Å²) in [5, 5.41) is 0. The van der Waals surface area contributed by atoms with E-state index in [-0.39, 0.29) is 0 Å². The Morgan fingerprint density at radius 1 is 1.62 bits per heavy atom. The molecule has 0 unspecified atom stereocenters. The summed E-state index contributed by atoms with van der Waals surface area (Å²) in [5.41, 5.74) is 0. The molecule has 1 aliphatic carbocycles. The van der Waals surface area contributed by atoms with E-state index in [1.165, 1.54) is 6.42 Å². The predicted molar refractivity (Wildman–Crippen MR) is 41.8 cm³/mol. The Morgan fingerprint density at radius 3 is 2.38 bits per heavy atom. The molecule has 0 spiro atoms. The van der Waals surface area contributed by atoms with E-state index in [2.05, 4.69) is 40.8 Å². The number of rotatable bonds is 0. The third-order valence-electron chi connectivity index (χ3n) is 0.771. The first kappa shape index (κ1) is 9.09. The van der Waals surface area contributed by atoms with E-state index in [1.807, 2.05) is 4.93 Å². The van der Waals surface area contributed by atoms with Gasteiger partial charge >= 0.3 is 52.6 Å². The van der Waals surface area contributed by atoms with Crippen LogP contribution >= 0.6 is 22.6 Å². The number of hydrogen-bond donors (Lipinski definition) is 0. The first-order valence-electron chi connectivity index (χ1n) is 2.35. The maximum atomic E-state index is 2.18.